The van der Waals surface area contributed by atoms with Crippen molar-refractivity contribution in [2.24, 2.45) is 0 Å². The second-order valence-corrected chi connectivity index (χ2v) is 6.36. The van der Waals surface area contributed by atoms with Crippen LogP contribution in [-0.4, -0.2) is 42.2 Å². The molecular weight excluding hydrogens is 339 g/mol. The van der Waals surface area contributed by atoms with Gasteiger partial charge in [0.15, 0.2) is 0 Å². The highest BCUT2D eigenvalue weighted by Crippen LogP contribution is 2.30. The zero-order chi connectivity index (χ0) is 13.8. The van der Waals surface area contributed by atoms with E-state index in [1.54, 1.807) is 18.2 Å². The van der Waals surface area contributed by atoms with Gasteiger partial charge in [-0.1, -0.05) is 23.2 Å². The van der Waals surface area contributed by atoms with Crippen LogP contribution in [0.25, 0.3) is 0 Å². The predicted octanol–water partition coefficient (Wildman–Crippen LogP) is 3.33. The van der Waals surface area contributed by atoms with Gasteiger partial charge in [0.2, 0.25) is 5.91 Å². The van der Waals surface area contributed by atoms with Gasteiger partial charge in [0.05, 0.1) is 10.8 Å². The minimum Gasteiger partial charge on any atom is -0.337 e. The highest BCUT2D eigenvalue weighted by atomic mass is 35.5. The van der Waals surface area contributed by atoms with Gasteiger partial charge in [-0.25, -0.2) is 0 Å². The molecule has 0 saturated carbocycles. The second-order valence-electron chi connectivity index (χ2n) is 4.50. The van der Waals surface area contributed by atoms with Crippen molar-refractivity contribution in [3.8, 4) is 0 Å². The molecule has 1 heterocycles. The molecule has 1 aromatic rings. The fourth-order valence-corrected chi connectivity index (χ4v) is 3.40. The summed E-state index contributed by atoms with van der Waals surface area (Å²) in [4.78, 5) is 15.0. The summed E-state index contributed by atoms with van der Waals surface area (Å²) in [5, 5.41) is 4.54. The third-order valence-corrected chi connectivity index (χ3v) is 4.78. The molecule has 0 spiro atoms. The number of carbonyl (C=O) groups excluding carboxylic acids is 1. The third-order valence-electron chi connectivity index (χ3n) is 3.07. The van der Waals surface area contributed by atoms with E-state index in [-0.39, 0.29) is 24.4 Å². The van der Waals surface area contributed by atoms with Crippen LogP contribution in [-0.2, 0) is 4.79 Å². The number of piperazine rings is 1. The molecule has 1 aromatic carbocycles. The van der Waals surface area contributed by atoms with Gasteiger partial charge in [-0.2, -0.15) is 0 Å². The SMILES string of the molecule is C[C@@H]1CNCCN1C(=O)CSc1cc(Cl)ccc1Cl.Cl. The van der Waals surface area contributed by atoms with Crippen LogP contribution < -0.4 is 5.32 Å². The lowest BCUT2D eigenvalue weighted by Gasteiger charge is -2.34. The quantitative estimate of drug-likeness (QED) is 0.844. The number of thioether (sulfide) groups is 1. The predicted molar refractivity (Wildman–Crippen MR) is 88.5 cm³/mol. The Kier molecular flexibility index (Phi) is 7.48. The molecule has 1 N–H and O–H groups in total. The molecule has 0 bridgehead atoms. The minimum atomic E-state index is 0. The molecule has 1 aliphatic heterocycles. The van der Waals surface area contributed by atoms with Gasteiger partial charge in [-0.3, -0.25) is 4.79 Å². The van der Waals surface area contributed by atoms with E-state index in [4.69, 9.17) is 23.2 Å². The Labute approximate surface area is 139 Å². The molecule has 20 heavy (non-hydrogen) atoms. The largest absolute Gasteiger partial charge is 0.337 e. The third kappa shape index (κ3) is 4.71. The van der Waals surface area contributed by atoms with Crippen molar-refractivity contribution in [1.29, 1.82) is 0 Å². The molecule has 0 unspecified atom stereocenters. The van der Waals surface area contributed by atoms with Gasteiger partial charge < -0.3 is 10.2 Å². The van der Waals surface area contributed by atoms with Crippen LogP contribution >= 0.6 is 47.4 Å². The molecule has 3 nitrogen and oxygen atoms in total. The first kappa shape index (κ1) is 17.9. The van der Waals surface area contributed by atoms with E-state index in [9.17, 15) is 4.79 Å². The van der Waals surface area contributed by atoms with E-state index in [0.717, 1.165) is 24.5 Å². The molecule has 112 valence electrons. The van der Waals surface area contributed by atoms with Crippen molar-refractivity contribution >= 4 is 53.3 Å². The highest BCUT2D eigenvalue weighted by Gasteiger charge is 2.22. The molecule has 1 amide bonds. The lowest BCUT2D eigenvalue weighted by Crippen LogP contribution is -2.52. The standard InChI is InChI=1S/C13H16Cl2N2OS.ClH/c1-9-7-16-4-5-17(9)13(18)8-19-12-6-10(14)2-3-11(12)15;/h2-3,6,9,16H,4-5,7-8H2,1H3;1H/t9-;/m1./s1. The van der Waals surface area contributed by atoms with E-state index in [0.29, 0.717) is 15.8 Å². The number of halogens is 3. The summed E-state index contributed by atoms with van der Waals surface area (Å²) in [7, 11) is 0. The van der Waals surface area contributed by atoms with Crippen LogP contribution in [0.2, 0.25) is 10.0 Å². The number of amides is 1. The normalized spacial score (nSPS) is 18.6. The minimum absolute atomic E-state index is 0. The molecule has 0 radical (unpaired) electrons. The van der Waals surface area contributed by atoms with Gasteiger partial charge in [0.25, 0.3) is 0 Å². The molecule has 1 saturated heterocycles. The van der Waals surface area contributed by atoms with Crippen molar-refractivity contribution in [2.75, 3.05) is 25.4 Å². The fourth-order valence-electron chi connectivity index (χ4n) is 2.02. The smallest absolute Gasteiger partial charge is 0.233 e. The molecule has 0 aromatic heterocycles. The first-order chi connectivity index (χ1) is 9.08. The number of hydrogen-bond acceptors (Lipinski definition) is 3. The Hall–Kier alpha value is -0.130. The summed E-state index contributed by atoms with van der Waals surface area (Å²) >= 11 is 13.4. The lowest BCUT2D eigenvalue weighted by molar-refractivity contribution is -0.131. The van der Waals surface area contributed by atoms with Gasteiger partial charge in [-0.05, 0) is 25.1 Å². The summed E-state index contributed by atoms with van der Waals surface area (Å²) in [6, 6.07) is 5.54. The van der Waals surface area contributed by atoms with Gasteiger partial charge >= 0.3 is 0 Å². The number of benzene rings is 1. The Balaban J connectivity index is 0.00000200. The zero-order valence-electron chi connectivity index (χ0n) is 11.1. The lowest BCUT2D eigenvalue weighted by atomic mass is 10.2. The average molecular weight is 356 g/mol. The van der Waals surface area contributed by atoms with E-state index in [1.807, 2.05) is 4.90 Å². The molecule has 7 heteroatoms. The first-order valence-electron chi connectivity index (χ1n) is 6.16. The van der Waals surface area contributed by atoms with Crippen LogP contribution in [0, 0.1) is 0 Å². The van der Waals surface area contributed by atoms with E-state index in [1.165, 1.54) is 11.8 Å². The summed E-state index contributed by atoms with van der Waals surface area (Å²) in [5.41, 5.74) is 0. The zero-order valence-corrected chi connectivity index (χ0v) is 14.2. The summed E-state index contributed by atoms with van der Waals surface area (Å²) < 4.78 is 0. The van der Waals surface area contributed by atoms with Crippen molar-refractivity contribution in [3.63, 3.8) is 0 Å². The van der Waals surface area contributed by atoms with Gasteiger partial charge in [0, 0.05) is 35.6 Å². The molecule has 1 atom stereocenters. The van der Waals surface area contributed by atoms with Crippen LogP contribution in [0.5, 0.6) is 0 Å². The van der Waals surface area contributed by atoms with Gasteiger partial charge in [0.1, 0.15) is 0 Å². The maximum atomic E-state index is 12.2. The van der Waals surface area contributed by atoms with Crippen molar-refractivity contribution in [2.45, 2.75) is 17.9 Å². The number of nitrogens with one attached hydrogen (secondary N) is 1. The van der Waals surface area contributed by atoms with Crippen molar-refractivity contribution in [3.05, 3.63) is 28.2 Å². The summed E-state index contributed by atoms with van der Waals surface area (Å²) in [6.45, 7) is 4.54. The topological polar surface area (TPSA) is 32.3 Å². The van der Waals surface area contributed by atoms with Gasteiger partial charge in [-0.15, -0.1) is 24.2 Å². The number of carbonyl (C=O) groups is 1. The Bertz CT molecular complexity index is 473. The maximum absolute atomic E-state index is 12.2. The van der Waals surface area contributed by atoms with Crippen LogP contribution in [0.3, 0.4) is 0 Å². The second kappa shape index (κ2) is 8.35. The molecule has 1 aliphatic rings. The van der Waals surface area contributed by atoms with Crippen LogP contribution in [0.15, 0.2) is 23.1 Å². The van der Waals surface area contributed by atoms with Crippen molar-refractivity contribution < 1.29 is 4.79 Å². The number of rotatable bonds is 3. The van der Waals surface area contributed by atoms with Crippen LogP contribution in [0.4, 0.5) is 0 Å². The maximum Gasteiger partial charge on any atom is 0.233 e. The van der Waals surface area contributed by atoms with E-state index >= 15 is 0 Å². The fraction of sp³-hybridized carbons (Fsp3) is 0.462. The average Bonchev–Trinajstić information content (AvgIpc) is 2.40. The highest BCUT2D eigenvalue weighted by molar-refractivity contribution is 8.00. The Morgan fingerprint density at radius 2 is 2.25 bits per heavy atom. The molecule has 1 fully saturated rings. The van der Waals surface area contributed by atoms with E-state index < -0.39 is 0 Å². The molecular formula is C13H17Cl3N2OS. The monoisotopic (exact) mass is 354 g/mol. The van der Waals surface area contributed by atoms with E-state index in [2.05, 4.69) is 12.2 Å². The Morgan fingerprint density at radius 1 is 1.50 bits per heavy atom. The summed E-state index contributed by atoms with van der Waals surface area (Å²) in [5.74, 6) is 0.541. The molecule has 0 aliphatic carbocycles. The number of nitrogens with zero attached hydrogens (tertiary/aromatic N) is 1. The first-order valence-corrected chi connectivity index (χ1v) is 7.90. The van der Waals surface area contributed by atoms with Crippen LogP contribution in [0.1, 0.15) is 6.92 Å². The number of hydrogen-bond donors (Lipinski definition) is 1. The molecule has 2 rings (SSSR count). The van der Waals surface area contributed by atoms with Crippen molar-refractivity contribution in [1.82, 2.24) is 10.2 Å². The summed E-state index contributed by atoms with van der Waals surface area (Å²) in [6.07, 6.45) is 0. The Morgan fingerprint density at radius 3 is 2.95 bits per heavy atom.